The molecule has 0 nitrogen and oxygen atoms in total. The first-order chi connectivity index (χ1) is 1.91. The third kappa shape index (κ3) is 11.2. The number of thiol groups is 1. The first kappa shape index (κ1) is 9.38. The number of hydrogen-bond acceptors (Lipinski definition) is 1. The molecule has 0 atom stereocenters. The van der Waals surface area contributed by atoms with Crippen molar-refractivity contribution in [1.82, 2.24) is 0 Å². The third-order valence-electron chi connectivity index (χ3n) is 0.129. The molecule has 0 aromatic carbocycles. The van der Waals surface area contributed by atoms with Crippen LogP contribution in [0, 0.1) is 0 Å². The number of hydrogen-bond donors (Lipinski definition) is 1. The molecule has 0 heterocycles. The summed E-state index contributed by atoms with van der Waals surface area (Å²) in [5.74, 6) is 0.778. The van der Waals surface area contributed by atoms with Crippen LogP contribution in [0.1, 0.15) is 0 Å². The zero-order chi connectivity index (χ0) is 3.41. The molecule has 30 valence electrons. The van der Waals surface area contributed by atoms with Crippen molar-refractivity contribution in [3.63, 3.8) is 0 Å². The van der Waals surface area contributed by atoms with Crippen molar-refractivity contribution in [2.75, 3.05) is 5.75 Å². The summed E-state index contributed by atoms with van der Waals surface area (Å²) in [6, 6.07) is 0. The summed E-state index contributed by atoms with van der Waals surface area (Å²) >= 11 is 3.80. The Balaban J connectivity index is 0. The molecule has 0 aliphatic rings. The van der Waals surface area contributed by atoms with Crippen molar-refractivity contribution < 1.29 is 0 Å². The van der Waals surface area contributed by atoms with E-state index in [0.29, 0.717) is 0 Å². The van der Waals surface area contributed by atoms with Crippen LogP contribution >= 0.6 is 12.6 Å². The molecule has 2 heteroatoms. The molecule has 0 fully saturated rings. The molecule has 0 unspecified atom stereocenters. The van der Waals surface area contributed by atoms with Crippen LogP contribution in [0.2, 0.25) is 0 Å². The van der Waals surface area contributed by atoms with Crippen molar-refractivity contribution in [2.45, 2.75) is 0 Å². The Labute approximate surface area is 58.2 Å². The van der Waals surface area contributed by atoms with E-state index in [1.165, 1.54) is 0 Å². The van der Waals surface area contributed by atoms with Gasteiger partial charge in [0.25, 0.3) is 0 Å². The first-order valence-electron chi connectivity index (χ1n) is 1.13. The summed E-state index contributed by atoms with van der Waals surface area (Å²) in [6.45, 7) is 3.40. The Morgan fingerprint density at radius 1 is 1.80 bits per heavy atom. The maximum atomic E-state index is 3.80. The van der Waals surface area contributed by atoms with Crippen LogP contribution in [0.5, 0.6) is 0 Å². The Bertz CT molecular complexity index is 20.9. The van der Waals surface area contributed by atoms with E-state index in [4.69, 9.17) is 0 Å². The van der Waals surface area contributed by atoms with Gasteiger partial charge in [0.05, 0.1) is 0 Å². The quantitative estimate of drug-likeness (QED) is 0.396. The average Bonchev–Trinajstić information content (AvgIpc) is 1.37. The van der Waals surface area contributed by atoms with Crippen LogP contribution in [0.4, 0.5) is 0 Å². The van der Waals surface area contributed by atoms with E-state index >= 15 is 0 Å². The van der Waals surface area contributed by atoms with Crippen molar-refractivity contribution >= 4 is 39.9 Å². The van der Waals surface area contributed by atoms with Crippen molar-refractivity contribution in [2.24, 2.45) is 0 Å². The van der Waals surface area contributed by atoms with E-state index in [2.05, 4.69) is 19.2 Å². The fourth-order valence-corrected chi connectivity index (χ4v) is 0. The Morgan fingerprint density at radius 2 is 2.00 bits per heavy atom. The molecule has 0 saturated carbocycles. The molecule has 0 saturated heterocycles. The van der Waals surface area contributed by atoms with E-state index in [-0.39, 0.29) is 27.3 Å². The van der Waals surface area contributed by atoms with Gasteiger partial charge in [0.2, 0.25) is 0 Å². The molecule has 0 aromatic heterocycles. The Hall–Kier alpha value is 1.01. The van der Waals surface area contributed by atoms with Gasteiger partial charge in [0.1, 0.15) is 0 Å². The summed E-state index contributed by atoms with van der Waals surface area (Å²) in [5.41, 5.74) is 0. The summed E-state index contributed by atoms with van der Waals surface area (Å²) < 4.78 is 0. The predicted molar refractivity (Wildman–Crippen MR) is 32.6 cm³/mol. The van der Waals surface area contributed by atoms with Gasteiger partial charge < -0.3 is 0 Å². The second-order valence-electron chi connectivity index (χ2n) is 0.471. The molecule has 0 aliphatic carbocycles. The first-order valence-corrected chi connectivity index (χ1v) is 1.77. The van der Waals surface area contributed by atoms with Gasteiger partial charge in [-0.2, -0.15) is 12.6 Å². The van der Waals surface area contributed by atoms with E-state index in [9.17, 15) is 0 Å². The third-order valence-corrected chi connectivity index (χ3v) is 0.387. The zero-order valence-corrected chi connectivity index (χ0v) is 9.54. The minimum absolute atomic E-state index is 0. The molecule has 0 N–H and O–H groups in total. The molecule has 0 aromatic rings. The maximum absolute atomic E-state index is 3.80. The molecule has 5 heavy (non-hydrogen) atoms. The van der Waals surface area contributed by atoms with Gasteiger partial charge in [-0.1, -0.05) is 6.08 Å². The van der Waals surface area contributed by atoms with Crippen molar-refractivity contribution in [1.29, 1.82) is 0 Å². The average molecular weight is 283 g/mol. The second kappa shape index (κ2) is 8.89. The van der Waals surface area contributed by atoms with E-state index in [1.54, 1.807) is 6.08 Å². The molecule has 0 bridgehead atoms. The van der Waals surface area contributed by atoms with Gasteiger partial charge in [0.15, 0.2) is 0 Å². The molecule has 2 radical (unpaired) electrons. The van der Waals surface area contributed by atoms with Crippen molar-refractivity contribution in [3.8, 4) is 0 Å². The molecule has 0 aliphatic heterocycles. The monoisotopic (exact) mass is 284 g/mol. The predicted octanol–water partition coefficient (Wildman–Crippen LogP) is 0.186. The molecule has 0 amide bonds. The minimum atomic E-state index is 0. The van der Waals surface area contributed by atoms with Gasteiger partial charge in [0, 0.05) is 5.75 Å². The standard InChI is InChI=1S/C3H6S.Pb.2H/c1-2-3-4;;;/h2,4H,1,3H2;;;. The van der Waals surface area contributed by atoms with Gasteiger partial charge in [-0.15, -0.1) is 6.58 Å². The van der Waals surface area contributed by atoms with E-state index < -0.39 is 0 Å². The van der Waals surface area contributed by atoms with E-state index in [1.807, 2.05) is 0 Å². The van der Waals surface area contributed by atoms with Gasteiger partial charge in [-0.25, -0.2) is 0 Å². The zero-order valence-electron chi connectivity index (χ0n) is 3.15. The fraction of sp³-hybridized carbons (Fsp3) is 0.333. The van der Waals surface area contributed by atoms with Crippen LogP contribution in [-0.4, -0.2) is 33.1 Å². The van der Waals surface area contributed by atoms with Crippen LogP contribution < -0.4 is 0 Å². The Kier molecular flexibility index (Phi) is 16.7. The molecule has 0 rings (SSSR count). The summed E-state index contributed by atoms with van der Waals surface area (Å²) in [5, 5.41) is 0. The van der Waals surface area contributed by atoms with Crippen LogP contribution in [-0.2, 0) is 0 Å². The molecule has 0 spiro atoms. The van der Waals surface area contributed by atoms with Gasteiger partial charge in [-0.3, -0.25) is 0 Å². The molecular formula is C3H8PbS. The second-order valence-corrected chi connectivity index (χ2v) is 0.836. The van der Waals surface area contributed by atoms with Crippen LogP contribution in [0.3, 0.4) is 0 Å². The summed E-state index contributed by atoms with van der Waals surface area (Å²) in [6.07, 6.45) is 1.74. The van der Waals surface area contributed by atoms with Crippen LogP contribution in [0.15, 0.2) is 12.7 Å². The topological polar surface area (TPSA) is 0 Å². The van der Waals surface area contributed by atoms with Crippen molar-refractivity contribution in [3.05, 3.63) is 12.7 Å². The molecular weight excluding hydrogens is 275 g/mol. The number of rotatable bonds is 1. The van der Waals surface area contributed by atoms with Crippen LogP contribution in [0.25, 0.3) is 0 Å². The fourth-order valence-electron chi connectivity index (χ4n) is 0. The summed E-state index contributed by atoms with van der Waals surface area (Å²) in [4.78, 5) is 0. The SMILES string of the molecule is C=CCS.[PbH2]. The normalized spacial score (nSPS) is 5.00. The summed E-state index contributed by atoms with van der Waals surface area (Å²) in [7, 11) is 0. The van der Waals surface area contributed by atoms with Gasteiger partial charge >= 0.3 is 27.3 Å². The van der Waals surface area contributed by atoms with E-state index in [0.717, 1.165) is 5.75 Å². The van der Waals surface area contributed by atoms with Gasteiger partial charge in [-0.05, 0) is 0 Å². The Morgan fingerprint density at radius 3 is 2.00 bits per heavy atom.